The van der Waals surface area contributed by atoms with Crippen LogP contribution in [0.4, 0.5) is 11.4 Å². The molecule has 6 nitrogen and oxygen atoms in total. The molecule has 0 unspecified atom stereocenters. The van der Waals surface area contributed by atoms with E-state index < -0.39 is 10.9 Å². The molecular formula is C12H14N2O4S. The molecule has 1 aliphatic heterocycles. The number of nitro benzene ring substituents is 1. The van der Waals surface area contributed by atoms with Gasteiger partial charge in [0, 0.05) is 12.1 Å². The minimum Gasteiger partial charge on any atom is -0.478 e. The Labute approximate surface area is 114 Å². The van der Waals surface area contributed by atoms with Crippen molar-refractivity contribution in [2.45, 2.75) is 18.9 Å². The molecule has 0 radical (unpaired) electrons. The largest absolute Gasteiger partial charge is 0.478 e. The van der Waals surface area contributed by atoms with Crippen LogP contribution in [0.15, 0.2) is 18.2 Å². The van der Waals surface area contributed by atoms with E-state index >= 15 is 0 Å². The maximum atomic E-state index is 11.2. The van der Waals surface area contributed by atoms with Crippen LogP contribution in [0.1, 0.15) is 23.2 Å². The lowest BCUT2D eigenvalue weighted by molar-refractivity contribution is -0.384. The second kappa shape index (κ2) is 5.92. The van der Waals surface area contributed by atoms with Crippen molar-refractivity contribution < 1.29 is 14.8 Å². The Bertz CT molecular complexity index is 468. The quantitative estimate of drug-likeness (QED) is 0.651. The molecular weight excluding hydrogens is 268 g/mol. The van der Waals surface area contributed by atoms with Crippen molar-refractivity contribution in [1.82, 2.24) is 0 Å². The normalized spacial score (nSPS) is 16.0. The maximum absolute atomic E-state index is 11.2. The molecule has 1 aromatic carbocycles. The number of nitro groups is 1. The summed E-state index contributed by atoms with van der Waals surface area (Å²) in [4.78, 5) is 21.6. The Kier molecular flexibility index (Phi) is 4.26. The number of hydrogen-bond acceptors (Lipinski definition) is 5. The number of carboxylic acid groups (broad SMARTS) is 1. The molecule has 0 bridgehead atoms. The van der Waals surface area contributed by atoms with Gasteiger partial charge in [0.1, 0.15) is 5.69 Å². The third-order valence-corrected chi connectivity index (χ3v) is 4.09. The molecule has 1 aliphatic rings. The third-order valence-electron chi connectivity index (χ3n) is 3.04. The summed E-state index contributed by atoms with van der Waals surface area (Å²) in [6.45, 7) is 0. The van der Waals surface area contributed by atoms with Gasteiger partial charge in [-0.2, -0.15) is 11.8 Å². The molecule has 0 saturated carbocycles. The van der Waals surface area contributed by atoms with Gasteiger partial charge < -0.3 is 10.4 Å². The van der Waals surface area contributed by atoms with Crippen LogP contribution in [-0.2, 0) is 0 Å². The second-order valence-corrected chi connectivity index (χ2v) is 5.52. The Balaban J connectivity index is 2.34. The molecule has 2 rings (SSSR count). The predicted octanol–water partition coefficient (Wildman–Crippen LogP) is 2.60. The second-order valence-electron chi connectivity index (χ2n) is 4.29. The smallest absolute Gasteiger partial charge is 0.338 e. The van der Waals surface area contributed by atoms with Gasteiger partial charge in [0.05, 0.1) is 10.5 Å². The highest BCUT2D eigenvalue weighted by molar-refractivity contribution is 7.99. The van der Waals surface area contributed by atoms with Crippen LogP contribution in [0.3, 0.4) is 0 Å². The summed E-state index contributed by atoms with van der Waals surface area (Å²) in [6, 6.07) is 4.20. The fourth-order valence-corrected chi connectivity index (χ4v) is 3.17. The highest BCUT2D eigenvalue weighted by Crippen LogP contribution is 2.31. The standard InChI is InChI=1S/C12H14N2O4S/c15-12(16)9-2-1-3-10(14(17)18)11(9)13-8-4-6-19-7-5-8/h1-3,8,13H,4-7H2,(H,15,16). The first-order valence-corrected chi connectivity index (χ1v) is 7.10. The molecule has 0 aromatic heterocycles. The third kappa shape index (κ3) is 3.17. The number of benzene rings is 1. The lowest BCUT2D eigenvalue weighted by atomic mass is 10.1. The number of para-hydroxylation sites is 1. The average Bonchev–Trinajstić information content (AvgIpc) is 2.39. The number of aromatic carboxylic acids is 1. The van der Waals surface area contributed by atoms with E-state index in [0.29, 0.717) is 0 Å². The Hall–Kier alpha value is -1.76. The summed E-state index contributed by atoms with van der Waals surface area (Å²) in [5, 5.41) is 23.2. The van der Waals surface area contributed by atoms with E-state index in [1.165, 1.54) is 18.2 Å². The molecule has 0 aliphatic carbocycles. The lowest BCUT2D eigenvalue weighted by Crippen LogP contribution is -2.26. The molecule has 19 heavy (non-hydrogen) atoms. The van der Waals surface area contributed by atoms with Gasteiger partial charge in [0.25, 0.3) is 5.69 Å². The van der Waals surface area contributed by atoms with Crippen molar-refractivity contribution in [3.05, 3.63) is 33.9 Å². The summed E-state index contributed by atoms with van der Waals surface area (Å²) in [5.74, 6) is 0.817. The van der Waals surface area contributed by atoms with E-state index in [4.69, 9.17) is 5.11 Å². The summed E-state index contributed by atoms with van der Waals surface area (Å²) in [6.07, 6.45) is 1.77. The van der Waals surface area contributed by atoms with Crippen molar-refractivity contribution in [3.63, 3.8) is 0 Å². The summed E-state index contributed by atoms with van der Waals surface area (Å²) < 4.78 is 0. The predicted molar refractivity (Wildman–Crippen MR) is 74.0 cm³/mol. The van der Waals surface area contributed by atoms with Crippen molar-refractivity contribution in [2.24, 2.45) is 0 Å². The van der Waals surface area contributed by atoms with Crippen LogP contribution >= 0.6 is 11.8 Å². The maximum Gasteiger partial charge on any atom is 0.338 e. The Morgan fingerprint density at radius 3 is 2.68 bits per heavy atom. The first-order valence-electron chi connectivity index (χ1n) is 5.94. The fraction of sp³-hybridized carbons (Fsp3) is 0.417. The minimum absolute atomic E-state index is 0.0487. The minimum atomic E-state index is -1.16. The zero-order chi connectivity index (χ0) is 13.8. The SMILES string of the molecule is O=C(O)c1cccc([N+](=O)[O-])c1NC1CCSCC1. The van der Waals surface area contributed by atoms with Crippen molar-refractivity contribution in [2.75, 3.05) is 16.8 Å². The van der Waals surface area contributed by atoms with Gasteiger partial charge in [-0.1, -0.05) is 6.07 Å². The van der Waals surface area contributed by atoms with Crippen LogP contribution in [0.25, 0.3) is 0 Å². The molecule has 1 saturated heterocycles. The first-order chi connectivity index (χ1) is 9.09. The molecule has 1 aromatic rings. The highest BCUT2D eigenvalue weighted by Gasteiger charge is 2.24. The highest BCUT2D eigenvalue weighted by atomic mass is 32.2. The van der Waals surface area contributed by atoms with Crippen LogP contribution < -0.4 is 5.32 Å². The van der Waals surface area contributed by atoms with E-state index in [9.17, 15) is 14.9 Å². The van der Waals surface area contributed by atoms with E-state index in [1.54, 1.807) is 0 Å². The van der Waals surface area contributed by atoms with Crippen LogP contribution in [0.5, 0.6) is 0 Å². The molecule has 1 fully saturated rings. The topological polar surface area (TPSA) is 92.5 Å². The number of carboxylic acids is 1. The number of anilines is 1. The van der Waals surface area contributed by atoms with Gasteiger partial charge >= 0.3 is 5.97 Å². The van der Waals surface area contributed by atoms with Crippen LogP contribution in [0, 0.1) is 10.1 Å². The number of rotatable bonds is 4. The first kappa shape index (κ1) is 13.7. The monoisotopic (exact) mass is 282 g/mol. The molecule has 1 heterocycles. The molecule has 7 heteroatoms. The van der Waals surface area contributed by atoms with Gasteiger partial charge in [0.2, 0.25) is 0 Å². The van der Waals surface area contributed by atoms with Gasteiger partial charge in [-0.25, -0.2) is 4.79 Å². The van der Waals surface area contributed by atoms with E-state index in [1.807, 2.05) is 11.8 Å². The fourth-order valence-electron chi connectivity index (χ4n) is 2.07. The number of nitrogens with zero attached hydrogens (tertiary/aromatic N) is 1. The zero-order valence-electron chi connectivity index (χ0n) is 10.2. The average molecular weight is 282 g/mol. The van der Waals surface area contributed by atoms with E-state index in [-0.39, 0.29) is 23.0 Å². The molecule has 0 amide bonds. The summed E-state index contributed by atoms with van der Waals surface area (Å²) in [7, 11) is 0. The number of thioether (sulfide) groups is 1. The van der Waals surface area contributed by atoms with Crippen LogP contribution in [-0.4, -0.2) is 33.5 Å². The van der Waals surface area contributed by atoms with Gasteiger partial charge in [-0.3, -0.25) is 10.1 Å². The zero-order valence-corrected chi connectivity index (χ0v) is 11.0. The Morgan fingerprint density at radius 1 is 1.42 bits per heavy atom. The van der Waals surface area contributed by atoms with Crippen molar-refractivity contribution >= 4 is 29.1 Å². The molecule has 2 N–H and O–H groups in total. The van der Waals surface area contributed by atoms with Crippen molar-refractivity contribution in [1.29, 1.82) is 0 Å². The summed E-state index contributed by atoms with van der Waals surface area (Å²) in [5.41, 5.74) is -0.109. The van der Waals surface area contributed by atoms with E-state index in [2.05, 4.69) is 5.32 Å². The summed E-state index contributed by atoms with van der Waals surface area (Å²) >= 11 is 1.84. The lowest BCUT2D eigenvalue weighted by Gasteiger charge is -2.24. The molecule has 0 atom stereocenters. The van der Waals surface area contributed by atoms with Gasteiger partial charge in [-0.05, 0) is 30.4 Å². The van der Waals surface area contributed by atoms with Crippen LogP contribution in [0.2, 0.25) is 0 Å². The molecule has 0 spiro atoms. The van der Waals surface area contributed by atoms with Gasteiger partial charge in [0.15, 0.2) is 0 Å². The number of carbonyl (C=O) groups is 1. The molecule has 102 valence electrons. The van der Waals surface area contributed by atoms with Crippen molar-refractivity contribution in [3.8, 4) is 0 Å². The number of nitrogens with one attached hydrogen (secondary N) is 1. The van der Waals surface area contributed by atoms with E-state index in [0.717, 1.165) is 24.3 Å². The number of hydrogen-bond donors (Lipinski definition) is 2. The van der Waals surface area contributed by atoms with Gasteiger partial charge in [-0.15, -0.1) is 0 Å². The Morgan fingerprint density at radius 2 is 2.11 bits per heavy atom.